The number of rotatable bonds is 3. The Kier molecular flexibility index (Phi) is 2.52. The lowest BCUT2D eigenvalue weighted by molar-refractivity contribution is 0.111. The Labute approximate surface area is 105 Å². The molecule has 3 heteroatoms. The van der Waals surface area contributed by atoms with Crippen LogP contribution in [0.2, 0.25) is 0 Å². The van der Waals surface area contributed by atoms with E-state index in [9.17, 15) is 4.79 Å². The van der Waals surface area contributed by atoms with Crippen molar-refractivity contribution < 1.29 is 4.79 Å². The minimum absolute atomic E-state index is 0.626. The van der Waals surface area contributed by atoms with Crippen LogP contribution in [-0.4, -0.2) is 16.3 Å². The van der Waals surface area contributed by atoms with Crippen molar-refractivity contribution in [2.75, 3.05) is 0 Å². The second-order valence-electron chi connectivity index (χ2n) is 4.54. The quantitative estimate of drug-likeness (QED) is 0.676. The molecule has 2 aromatic heterocycles. The van der Waals surface area contributed by atoms with Gasteiger partial charge in [-0.3, -0.25) is 4.79 Å². The number of H-pyrrole nitrogens is 2. The predicted molar refractivity (Wildman–Crippen MR) is 72.0 cm³/mol. The summed E-state index contributed by atoms with van der Waals surface area (Å²) in [7, 11) is 0. The number of hydrogen-bond acceptors (Lipinski definition) is 1. The molecule has 0 saturated carbocycles. The third-order valence-corrected chi connectivity index (χ3v) is 3.27. The zero-order valence-electron chi connectivity index (χ0n) is 10.2. The number of fused-ring (bicyclic) bond motifs is 1. The second kappa shape index (κ2) is 4.18. The molecule has 0 amide bonds. The molecule has 0 radical (unpaired) electrons. The molecule has 1 aromatic carbocycles. The zero-order valence-corrected chi connectivity index (χ0v) is 10.2. The minimum atomic E-state index is 0.626. The summed E-state index contributed by atoms with van der Waals surface area (Å²) in [6.07, 6.45) is 3.68. The number of aldehydes is 1. The van der Waals surface area contributed by atoms with Crippen LogP contribution in [-0.2, 0) is 6.42 Å². The molecule has 0 atom stereocenters. The Morgan fingerprint density at radius 1 is 1.22 bits per heavy atom. The third kappa shape index (κ3) is 1.74. The van der Waals surface area contributed by atoms with Gasteiger partial charge in [-0.05, 0) is 36.2 Å². The lowest BCUT2D eigenvalue weighted by atomic mass is 10.0. The highest BCUT2D eigenvalue weighted by atomic mass is 16.1. The third-order valence-electron chi connectivity index (χ3n) is 3.27. The van der Waals surface area contributed by atoms with Crippen LogP contribution < -0.4 is 0 Å². The van der Waals surface area contributed by atoms with Gasteiger partial charge in [0, 0.05) is 29.2 Å². The molecule has 0 saturated heterocycles. The van der Waals surface area contributed by atoms with Crippen LogP contribution in [0.4, 0.5) is 0 Å². The SMILES string of the molecule is Cc1cccc2[nH]cc(Cc3ccc(C=O)[nH]3)c12. The molecule has 0 fully saturated rings. The number of aromatic amines is 2. The number of aryl methyl sites for hydroxylation is 1. The fraction of sp³-hybridized carbons (Fsp3) is 0.133. The number of carbonyl (C=O) groups is 1. The Bertz CT molecular complexity index is 706. The molecule has 0 spiro atoms. The van der Waals surface area contributed by atoms with Gasteiger partial charge in [-0.2, -0.15) is 0 Å². The number of benzene rings is 1. The second-order valence-corrected chi connectivity index (χ2v) is 4.54. The van der Waals surface area contributed by atoms with Gasteiger partial charge in [-0.15, -0.1) is 0 Å². The molecule has 3 nitrogen and oxygen atoms in total. The van der Waals surface area contributed by atoms with E-state index < -0.39 is 0 Å². The van der Waals surface area contributed by atoms with Crippen molar-refractivity contribution in [2.24, 2.45) is 0 Å². The lowest BCUT2D eigenvalue weighted by Gasteiger charge is -2.00. The highest BCUT2D eigenvalue weighted by Gasteiger charge is 2.07. The number of hydrogen-bond donors (Lipinski definition) is 2. The van der Waals surface area contributed by atoms with Crippen LogP contribution >= 0.6 is 0 Å². The van der Waals surface area contributed by atoms with Crippen molar-refractivity contribution in [2.45, 2.75) is 13.3 Å². The first-order valence-electron chi connectivity index (χ1n) is 5.96. The van der Waals surface area contributed by atoms with Crippen LogP contribution in [0.1, 0.15) is 27.3 Å². The van der Waals surface area contributed by atoms with E-state index in [0.29, 0.717) is 5.69 Å². The van der Waals surface area contributed by atoms with Gasteiger partial charge in [0.1, 0.15) is 0 Å². The van der Waals surface area contributed by atoms with E-state index in [1.807, 2.05) is 18.3 Å². The van der Waals surface area contributed by atoms with Crippen LogP contribution in [0.25, 0.3) is 10.9 Å². The molecule has 2 N–H and O–H groups in total. The van der Waals surface area contributed by atoms with Crippen LogP contribution in [0.15, 0.2) is 36.5 Å². The zero-order chi connectivity index (χ0) is 12.5. The Morgan fingerprint density at radius 3 is 2.89 bits per heavy atom. The summed E-state index contributed by atoms with van der Waals surface area (Å²) in [6, 6.07) is 10.0. The molecule has 3 rings (SSSR count). The summed E-state index contributed by atoms with van der Waals surface area (Å²) in [5.74, 6) is 0. The van der Waals surface area contributed by atoms with Gasteiger partial charge in [-0.1, -0.05) is 12.1 Å². The van der Waals surface area contributed by atoms with E-state index in [2.05, 4.69) is 35.1 Å². The standard InChI is InChI=1S/C15H14N2O/c1-10-3-2-4-14-15(10)11(8-16-14)7-12-5-6-13(9-18)17-12/h2-6,8-9,16-17H,7H2,1H3. The van der Waals surface area contributed by atoms with Crippen molar-refractivity contribution in [1.82, 2.24) is 9.97 Å². The molecule has 3 aromatic rings. The fourth-order valence-electron chi connectivity index (χ4n) is 2.43. The maximum absolute atomic E-state index is 10.7. The van der Waals surface area contributed by atoms with E-state index in [1.165, 1.54) is 16.5 Å². The maximum atomic E-state index is 10.7. The summed E-state index contributed by atoms with van der Waals surface area (Å²) in [4.78, 5) is 17.0. The number of aromatic nitrogens is 2. The fourth-order valence-corrected chi connectivity index (χ4v) is 2.43. The van der Waals surface area contributed by atoms with Crippen LogP contribution in [0.3, 0.4) is 0 Å². The maximum Gasteiger partial charge on any atom is 0.166 e. The van der Waals surface area contributed by atoms with Gasteiger partial charge < -0.3 is 9.97 Å². The van der Waals surface area contributed by atoms with Gasteiger partial charge in [0.15, 0.2) is 6.29 Å². The Balaban J connectivity index is 2.02. The molecule has 0 aliphatic carbocycles. The van der Waals surface area contributed by atoms with E-state index in [4.69, 9.17) is 0 Å². The molecule has 0 bridgehead atoms. The minimum Gasteiger partial charge on any atom is -0.361 e. The van der Waals surface area contributed by atoms with Gasteiger partial charge in [0.25, 0.3) is 0 Å². The highest BCUT2D eigenvalue weighted by molar-refractivity contribution is 5.86. The molecular formula is C15H14N2O. The molecule has 18 heavy (non-hydrogen) atoms. The number of carbonyl (C=O) groups excluding carboxylic acids is 1. The lowest BCUT2D eigenvalue weighted by Crippen LogP contribution is -1.89. The molecule has 0 unspecified atom stereocenters. The predicted octanol–water partition coefficient (Wildman–Crippen LogP) is 3.21. The summed E-state index contributed by atoms with van der Waals surface area (Å²) in [6.45, 7) is 2.12. The summed E-state index contributed by atoms with van der Waals surface area (Å²) in [5.41, 5.74) is 5.36. The van der Waals surface area contributed by atoms with Crippen molar-refractivity contribution >= 4 is 17.2 Å². The Hall–Kier alpha value is -2.29. The largest absolute Gasteiger partial charge is 0.361 e. The van der Waals surface area contributed by atoms with Gasteiger partial charge >= 0.3 is 0 Å². The van der Waals surface area contributed by atoms with E-state index >= 15 is 0 Å². The average Bonchev–Trinajstić information content (AvgIpc) is 2.98. The molecular weight excluding hydrogens is 224 g/mol. The van der Waals surface area contributed by atoms with Gasteiger partial charge in [-0.25, -0.2) is 0 Å². The van der Waals surface area contributed by atoms with Gasteiger partial charge in [0.2, 0.25) is 0 Å². The average molecular weight is 238 g/mol. The first kappa shape index (κ1) is 10.8. The van der Waals surface area contributed by atoms with E-state index in [0.717, 1.165) is 23.9 Å². The van der Waals surface area contributed by atoms with E-state index in [-0.39, 0.29) is 0 Å². The number of nitrogens with one attached hydrogen (secondary N) is 2. The van der Waals surface area contributed by atoms with Crippen molar-refractivity contribution in [3.05, 3.63) is 59.0 Å². The van der Waals surface area contributed by atoms with Crippen LogP contribution in [0.5, 0.6) is 0 Å². The molecule has 0 aliphatic heterocycles. The van der Waals surface area contributed by atoms with Crippen molar-refractivity contribution in [3.8, 4) is 0 Å². The van der Waals surface area contributed by atoms with Gasteiger partial charge in [0.05, 0.1) is 5.69 Å². The summed E-state index contributed by atoms with van der Waals surface area (Å²) < 4.78 is 0. The smallest absolute Gasteiger partial charge is 0.166 e. The summed E-state index contributed by atoms with van der Waals surface area (Å²) in [5, 5.41) is 1.28. The van der Waals surface area contributed by atoms with Crippen molar-refractivity contribution in [1.29, 1.82) is 0 Å². The molecule has 90 valence electrons. The van der Waals surface area contributed by atoms with Crippen molar-refractivity contribution in [3.63, 3.8) is 0 Å². The topological polar surface area (TPSA) is 48.6 Å². The first-order valence-corrected chi connectivity index (χ1v) is 5.96. The van der Waals surface area contributed by atoms with Crippen LogP contribution in [0, 0.1) is 6.92 Å². The van der Waals surface area contributed by atoms with E-state index in [1.54, 1.807) is 0 Å². The normalized spacial score (nSPS) is 10.9. The molecule has 0 aliphatic rings. The summed E-state index contributed by atoms with van der Waals surface area (Å²) >= 11 is 0. The highest BCUT2D eigenvalue weighted by Crippen LogP contribution is 2.24. The first-order chi connectivity index (χ1) is 8.78. The molecule has 2 heterocycles. The monoisotopic (exact) mass is 238 g/mol. The Morgan fingerprint density at radius 2 is 2.11 bits per heavy atom.